The topological polar surface area (TPSA) is 71.1 Å². The lowest BCUT2D eigenvalue weighted by atomic mass is 10.2. The van der Waals surface area contributed by atoms with Gasteiger partial charge in [0.2, 0.25) is 12.3 Å². The summed E-state index contributed by atoms with van der Waals surface area (Å²) in [5.41, 5.74) is 0.679. The molecule has 1 aromatic carbocycles. The Balaban J connectivity index is 1.80. The molecule has 1 aliphatic heterocycles. The highest BCUT2D eigenvalue weighted by atomic mass is 16.5. The molecule has 0 unspecified atom stereocenters. The van der Waals surface area contributed by atoms with Crippen molar-refractivity contribution in [3.63, 3.8) is 0 Å². The van der Waals surface area contributed by atoms with Gasteiger partial charge in [0.05, 0.1) is 14.2 Å². The normalized spacial score (nSPS) is 15.1. The fourth-order valence-electron chi connectivity index (χ4n) is 2.49. The van der Waals surface area contributed by atoms with Crippen molar-refractivity contribution in [3.05, 3.63) is 18.2 Å². The maximum Gasteiger partial charge on any atom is 0.225 e. The highest BCUT2D eigenvalue weighted by Crippen LogP contribution is 2.29. The molecule has 1 fully saturated rings. The first kappa shape index (κ1) is 17.1. The SMILES string of the molecule is COc1ccc(NC(=O)CCN2CCN(C=O)CC2)cc1OC. The molecule has 126 valence electrons. The molecule has 0 bridgehead atoms. The van der Waals surface area contributed by atoms with Crippen LogP contribution in [-0.4, -0.2) is 69.1 Å². The van der Waals surface area contributed by atoms with Gasteiger partial charge in [0.25, 0.3) is 0 Å². The van der Waals surface area contributed by atoms with Crippen LogP contribution in [0.1, 0.15) is 6.42 Å². The van der Waals surface area contributed by atoms with Crippen LogP contribution in [0, 0.1) is 0 Å². The number of hydrogen-bond acceptors (Lipinski definition) is 5. The number of nitrogens with zero attached hydrogens (tertiary/aromatic N) is 2. The van der Waals surface area contributed by atoms with Crippen molar-refractivity contribution in [2.75, 3.05) is 52.3 Å². The summed E-state index contributed by atoms with van der Waals surface area (Å²) >= 11 is 0. The lowest BCUT2D eigenvalue weighted by Crippen LogP contribution is -2.46. The van der Waals surface area contributed by atoms with E-state index in [1.807, 2.05) is 0 Å². The van der Waals surface area contributed by atoms with Crippen LogP contribution in [-0.2, 0) is 9.59 Å². The molecule has 7 nitrogen and oxygen atoms in total. The van der Waals surface area contributed by atoms with Crippen LogP contribution >= 0.6 is 0 Å². The molecule has 1 N–H and O–H groups in total. The summed E-state index contributed by atoms with van der Waals surface area (Å²) < 4.78 is 10.4. The van der Waals surface area contributed by atoms with E-state index in [4.69, 9.17) is 9.47 Å². The Labute approximate surface area is 136 Å². The summed E-state index contributed by atoms with van der Waals surface area (Å²) in [5.74, 6) is 1.16. The van der Waals surface area contributed by atoms with Crippen LogP contribution in [0.5, 0.6) is 11.5 Å². The number of hydrogen-bond donors (Lipinski definition) is 1. The Morgan fingerprint density at radius 2 is 1.87 bits per heavy atom. The Morgan fingerprint density at radius 3 is 2.48 bits per heavy atom. The van der Waals surface area contributed by atoms with E-state index in [-0.39, 0.29) is 5.91 Å². The lowest BCUT2D eigenvalue weighted by molar-refractivity contribution is -0.120. The number of methoxy groups -OCH3 is 2. The minimum Gasteiger partial charge on any atom is -0.493 e. The molecule has 0 spiro atoms. The maximum absolute atomic E-state index is 12.1. The molecule has 0 atom stereocenters. The van der Waals surface area contributed by atoms with Gasteiger partial charge >= 0.3 is 0 Å². The molecule has 0 aromatic heterocycles. The van der Waals surface area contributed by atoms with E-state index >= 15 is 0 Å². The molecular weight excluding hydrogens is 298 g/mol. The van der Waals surface area contributed by atoms with Crippen molar-refractivity contribution in [3.8, 4) is 11.5 Å². The summed E-state index contributed by atoms with van der Waals surface area (Å²) in [5, 5.41) is 2.86. The van der Waals surface area contributed by atoms with Gasteiger partial charge in [0, 0.05) is 50.9 Å². The summed E-state index contributed by atoms with van der Waals surface area (Å²) in [6.45, 7) is 3.75. The predicted molar refractivity (Wildman–Crippen MR) is 86.9 cm³/mol. The zero-order valence-electron chi connectivity index (χ0n) is 13.6. The van der Waals surface area contributed by atoms with Crippen LogP contribution in [0.2, 0.25) is 0 Å². The molecule has 1 aliphatic rings. The third kappa shape index (κ3) is 4.85. The predicted octanol–water partition coefficient (Wildman–Crippen LogP) is 0.806. The Bertz CT molecular complexity index is 542. The van der Waals surface area contributed by atoms with Gasteiger partial charge in [-0.2, -0.15) is 0 Å². The van der Waals surface area contributed by atoms with Gasteiger partial charge in [0.1, 0.15) is 0 Å². The van der Waals surface area contributed by atoms with E-state index in [9.17, 15) is 9.59 Å². The fourth-order valence-corrected chi connectivity index (χ4v) is 2.49. The Hall–Kier alpha value is -2.28. The number of nitrogens with one attached hydrogen (secondary N) is 1. The van der Waals surface area contributed by atoms with E-state index in [0.717, 1.165) is 32.6 Å². The number of benzene rings is 1. The number of carbonyl (C=O) groups excluding carboxylic acids is 2. The smallest absolute Gasteiger partial charge is 0.225 e. The first-order valence-corrected chi connectivity index (χ1v) is 7.60. The minimum absolute atomic E-state index is 0.0463. The second kappa shape index (κ2) is 8.38. The van der Waals surface area contributed by atoms with Gasteiger partial charge in [-0.1, -0.05) is 0 Å². The minimum atomic E-state index is -0.0463. The number of amides is 2. The summed E-state index contributed by atoms with van der Waals surface area (Å²) in [6.07, 6.45) is 1.29. The van der Waals surface area contributed by atoms with E-state index in [1.54, 1.807) is 37.3 Å². The van der Waals surface area contributed by atoms with E-state index in [2.05, 4.69) is 10.2 Å². The molecule has 0 saturated carbocycles. The monoisotopic (exact) mass is 321 g/mol. The van der Waals surface area contributed by atoms with E-state index in [0.29, 0.717) is 30.2 Å². The van der Waals surface area contributed by atoms with Gasteiger partial charge < -0.3 is 19.7 Å². The fraction of sp³-hybridized carbons (Fsp3) is 0.500. The van der Waals surface area contributed by atoms with Crippen LogP contribution in [0.4, 0.5) is 5.69 Å². The van der Waals surface area contributed by atoms with Crippen LogP contribution < -0.4 is 14.8 Å². The van der Waals surface area contributed by atoms with Gasteiger partial charge in [-0.25, -0.2) is 0 Å². The van der Waals surface area contributed by atoms with Crippen molar-refractivity contribution in [2.45, 2.75) is 6.42 Å². The highest BCUT2D eigenvalue weighted by Gasteiger charge is 2.16. The summed E-state index contributed by atoms with van der Waals surface area (Å²) in [6, 6.07) is 5.27. The third-order valence-corrected chi connectivity index (χ3v) is 3.88. The quantitative estimate of drug-likeness (QED) is 0.753. The number of carbonyl (C=O) groups is 2. The van der Waals surface area contributed by atoms with Crippen molar-refractivity contribution in [1.82, 2.24) is 9.80 Å². The van der Waals surface area contributed by atoms with Gasteiger partial charge in [-0.05, 0) is 12.1 Å². The second-order valence-electron chi connectivity index (χ2n) is 5.35. The van der Waals surface area contributed by atoms with Gasteiger partial charge in [-0.3, -0.25) is 14.5 Å². The second-order valence-corrected chi connectivity index (χ2v) is 5.35. The summed E-state index contributed by atoms with van der Waals surface area (Å²) in [7, 11) is 3.13. The average molecular weight is 321 g/mol. The van der Waals surface area contributed by atoms with Crippen molar-refractivity contribution in [1.29, 1.82) is 0 Å². The molecule has 2 rings (SSSR count). The first-order valence-electron chi connectivity index (χ1n) is 7.60. The number of anilines is 1. The van der Waals surface area contributed by atoms with Crippen molar-refractivity contribution >= 4 is 18.0 Å². The van der Waals surface area contributed by atoms with Gasteiger partial charge in [-0.15, -0.1) is 0 Å². The molecule has 7 heteroatoms. The summed E-state index contributed by atoms with van der Waals surface area (Å²) in [4.78, 5) is 26.7. The zero-order chi connectivity index (χ0) is 16.7. The highest BCUT2D eigenvalue weighted by molar-refractivity contribution is 5.91. The molecule has 1 saturated heterocycles. The van der Waals surface area contributed by atoms with E-state index < -0.39 is 0 Å². The molecule has 23 heavy (non-hydrogen) atoms. The Kier molecular flexibility index (Phi) is 6.22. The average Bonchev–Trinajstić information content (AvgIpc) is 2.60. The third-order valence-electron chi connectivity index (χ3n) is 3.88. The first-order chi connectivity index (χ1) is 11.2. The standard InChI is InChI=1S/C16H23N3O4/c1-22-14-4-3-13(11-15(14)23-2)17-16(21)5-6-18-7-9-19(12-20)10-8-18/h3-4,11-12H,5-10H2,1-2H3,(H,17,21). The van der Waals surface area contributed by atoms with Crippen LogP contribution in [0.15, 0.2) is 18.2 Å². The maximum atomic E-state index is 12.1. The largest absolute Gasteiger partial charge is 0.493 e. The lowest BCUT2D eigenvalue weighted by Gasteiger charge is -2.32. The molecule has 2 amide bonds. The molecule has 1 heterocycles. The molecular formula is C16H23N3O4. The van der Waals surface area contributed by atoms with Crippen molar-refractivity contribution < 1.29 is 19.1 Å². The number of ether oxygens (including phenoxy) is 2. The Morgan fingerprint density at radius 1 is 1.17 bits per heavy atom. The van der Waals surface area contributed by atoms with E-state index in [1.165, 1.54) is 0 Å². The molecule has 1 aromatic rings. The number of rotatable bonds is 7. The zero-order valence-corrected chi connectivity index (χ0v) is 13.6. The van der Waals surface area contributed by atoms with Crippen molar-refractivity contribution in [2.24, 2.45) is 0 Å². The van der Waals surface area contributed by atoms with Crippen LogP contribution in [0.3, 0.4) is 0 Å². The molecule has 0 aliphatic carbocycles. The van der Waals surface area contributed by atoms with Gasteiger partial charge in [0.15, 0.2) is 11.5 Å². The molecule has 0 radical (unpaired) electrons. The number of piperazine rings is 1. The van der Waals surface area contributed by atoms with Crippen LogP contribution in [0.25, 0.3) is 0 Å².